The molecule has 3 aromatic carbocycles. The maximum Gasteiger partial charge on any atom is 0.407 e. The van der Waals surface area contributed by atoms with Crippen molar-refractivity contribution < 1.29 is 42.9 Å². The third kappa shape index (κ3) is 8.33. The Labute approximate surface area is 371 Å². The van der Waals surface area contributed by atoms with Gasteiger partial charge in [-0.3, -0.25) is 9.59 Å². The van der Waals surface area contributed by atoms with Gasteiger partial charge in [0, 0.05) is 43.7 Å². The lowest BCUT2D eigenvalue weighted by Crippen LogP contribution is -2.55. The van der Waals surface area contributed by atoms with Crippen LogP contribution in [0.15, 0.2) is 48.7 Å². The lowest BCUT2D eigenvalue weighted by atomic mass is 9.92. The second-order valence-corrected chi connectivity index (χ2v) is 17.3. The number of fused-ring (bicyclic) bond motifs is 6. The minimum Gasteiger partial charge on any atom is -0.488 e. The van der Waals surface area contributed by atoms with E-state index in [0.29, 0.717) is 50.7 Å². The first-order valence-corrected chi connectivity index (χ1v) is 22.0. The van der Waals surface area contributed by atoms with Gasteiger partial charge in [-0.1, -0.05) is 38.5 Å². The summed E-state index contributed by atoms with van der Waals surface area (Å²) in [6, 6.07) is 12.1. The number of carbonyl (C=O) groups is 4. The van der Waals surface area contributed by atoms with Crippen LogP contribution in [0.5, 0.6) is 5.75 Å². The number of carbonyl (C=O) groups excluding carboxylic acids is 4. The topological polar surface area (TPSA) is 202 Å². The van der Waals surface area contributed by atoms with Gasteiger partial charge in [-0.25, -0.2) is 19.6 Å². The summed E-state index contributed by atoms with van der Waals surface area (Å²) < 4.78 is 27.1. The van der Waals surface area contributed by atoms with Crippen LogP contribution in [0.25, 0.3) is 44.2 Å². The molecule has 2 unspecified atom stereocenters. The second-order valence-electron chi connectivity index (χ2n) is 17.3. The molecule has 17 nitrogen and oxygen atoms in total. The lowest BCUT2D eigenvalue weighted by Gasteiger charge is -2.33. The number of aromatic amines is 2. The van der Waals surface area contributed by atoms with Gasteiger partial charge >= 0.3 is 12.2 Å². The highest BCUT2D eigenvalue weighted by Crippen LogP contribution is 2.44. The number of nitrogens with zero attached hydrogens (tertiary/aromatic N) is 4. The largest absolute Gasteiger partial charge is 0.488 e. The summed E-state index contributed by atoms with van der Waals surface area (Å²) in [6.45, 7) is 9.01. The number of rotatable bonds is 13. The van der Waals surface area contributed by atoms with Crippen molar-refractivity contribution in [1.82, 2.24) is 40.4 Å². The molecule has 64 heavy (non-hydrogen) atoms. The minimum atomic E-state index is -0.938. The third-order valence-corrected chi connectivity index (χ3v) is 13.4. The molecular formula is C47H58N8O9. The molecule has 5 aromatic rings. The van der Waals surface area contributed by atoms with Crippen LogP contribution in [0.2, 0.25) is 0 Å². The van der Waals surface area contributed by atoms with Crippen molar-refractivity contribution >= 4 is 45.8 Å². The molecule has 0 radical (unpaired) electrons. The molecule has 17 heteroatoms. The van der Waals surface area contributed by atoms with Gasteiger partial charge in [0.15, 0.2) is 0 Å². The Bertz CT molecular complexity index is 2560. The summed E-state index contributed by atoms with van der Waals surface area (Å²) in [6.07, 6.45) is 2.71. The van der Waals surface area contributed by atoms with E-state index in [2.05, 4.69) is 50.9 Å². The average molecular weight is 879 g/mol. The Hall–Kier alpha value is -6.20. The van der Waals surface area contributed by atoms with Gasteiger partial charge in [0.25, 0.3) is 0 Å². The van der Waals surface area contributed by atoms with Crippen LogP contribution in [0, 0.1) is 11.8 Å². The van der Waals surface area contributed by atoms with Crippen molar-refractivity contribution in [3.8, 4) is 28.1 Å². The number of hydrogen-bond donors (Lipinski definition) is 4. The molecule has 3 aliphatic rings. The number of aromatic nitrogens is 4. The summed E-state index contributed by atoms with van der Waals surface area (Å²) in [5.41, 5.74) is 6.43. The molecule has 2 aromatic heterocycles. The van der Waals surface area contributed by atoms with E-state index in [1.54, 1.807) is 25.1 Å². The molecule has 2 fully saturated rings. The molecule has 0 bridgehead atoms. The highest BCUT2D eigenvalue weighted by atomic mass is 16.5. The molecule has 8 rings (SSSR count). The van der Waals surface area contributed by atoms with E-state index >= 15 is 0 Å². The lowest BCUT2D eigenvalue weighted by molar-refractivity contribution is -0.139. The molecule has 4 N–H and O–H groups in total. The second kappa shape index (κ2) is 18.5. The molecule has 8 atom stereocenters. The van der Waals surface area contributed by atoms with E-state index in [0.717, 1.165) is 61.9 Å². The molecule has 0 saturated carbocycles. The molecule has 340 valence electrons. The standard InChI is InChI=1S/C47H58N8O9/c1-9-24(2)39(52-46(58)62-7)44(56)54-21-27(22-60-5)16-37(54)42-48-20-35(50-42)29-11-13-31-30(17-29)23-64-38-19-32-28(18-33(31)38)12-14-34-41(32)51-43(49-34)36-15-10-25(3)55(36)45(57)40(26(4)61-6)53-47(59)63-8/h11-14,17-20,24-27,36-37,39-40H,9-10,15-16,21-23H2,1-8H3,(H,48,50)(H,49,51)(H,52,58)(H,53,59)/t24-,25-,26+,27-,36?,37?,39-,40-/m0/s1. The van der Waals surface area contributed by atoms with Crippen LogP contribution in [0.1, 0.15) is 82.7 Å². The molecule has 2 saturated heterocycles. The fraction of sp³-hybridized carbons (Fsp3) is 0.489. The van der Waals surface area contributed by atoms with E-state index in [-0.39, 0.29) is 41.8 Å². The van der Waals surface area contributed by atoms with Crippen LogP contribution < -0.4 is 15.4 Å². The van der Waals surface area contributed by atoms with Crippen LogP contribution in [0.3, 0.4) is 0 Å². The molecule has 3 aliphatic heterocycles. The quantitative estimate of drug-likeness (QED) is 0.0971. The third-order valence-electron chi connectivity index (χ3n) is 13.4. The Morgan fingerprint density at radius 3 is 2.38 bits per heavy atom. The van der Waals surface area contributed by atoms with Crippen molar-refractivity contribution in [2.45, 2.75) is 96.3 Å². The van der Waals surface area contributed by atoms with Gasteiger partial charge in [-0.2, -0.15) is 0 Å². The first kappa shape index (κ1) is 44.4. The normalized spacial score (nSPS) is 21.1. The van der Waals surface area contributed by atoms with Crippen LogP contribution in [-0.2, 0) is 35.1 Å². The number of nitrogens with one attached hydrogen (secondary N) is 4. The van der Waals surface area contributed by atoms with Crippen LogP contribution in [-0.4, -0.2) is 120 Å². The number of hydrogen-bond acceptors (Lipinski definition) is 11. The summed E-state index contributed by atoms with van der Waals surface area (Å²) >= 11 is 0. The van der Waals surface area contributed by atoms with E-state index in [1.165, 1.54) is 21.3 Å². The number of imidazole rings is 2. The predicted octanol–water partition coefficient (Wildman–Crippen LogP) is 6.78. The highest BCUT2D eigenvalue weighted by Gasteiger charge is 2.43. The Kier molecular flexibility index (Phi) is 12.8. The average Bonchev–Trinajstić information content (AvgIpc) is 4.14. The number of ether oxygens (including phenoxy) is 5. The Morgan fingerprint density at radius 1 is 0.891 bits per heavy atom. The van der Waals surface area contributed by atoms with Crippen molar-refractivity contribution in [3.05, 3.63) is 65.9 Å². The highest BCUT2D eigenvalue weighted by molar-refractivity contribution is 6.07. The molecule has 0 spiro atoms. The summed E-state index contributed by atoms with van der Waals surface area (Å²) in [7, 11) is 5.72. The zero-order chi connectivity index (χ0) is 45.4. The van der Waals surface area contributed by atoms with Gasteiger partial charge in [-0.05, 0) is 85.4 Å². The first-order valence-electron chi connectivity index (χ1n) is 22.0. The molecular weight excluding hydrogens is 821 g/mol. The van der Waals surface area contributed by atoms with Crippen LogP contribution >= 0.6 is 0 Å². The minimum absolute atomic E-state index is 0.0856. The maximum absolute atomic E-state index is 14.1. The van der Waals surface area contributed by atoms with Gasteiger partial charge in [0.05, 0.1) is 61.9 Å². The molecule has 5 heterocycles. The van der Waals surface area contributed by atoms with Gasteiger partial charge in [0.2, 0.25) is 11.8 Å². The number of alkyl carbamates (subject to hydrolysis) is 2. The van der Waals surface area contributed by atoms with Crippen LogP contribution in [0.4, 0.5) is 9.59 Å². The molecule has 4 amide bonds. The van der Waals surface area contributed by atoms with Crippen molar-refractivity contribution in [1.29, 1.82) is 0 Å². The van der Waals surface area contributed by atoms with Gasteiger partial charge < -0.3 is 54.1 Å². The SMILES string of the molecule is CC[C@H](C)[C@H](NC(=O)OC)C(=O)N1C[C@@H](COC)CC1c1ncc(-c2ccc3c(c2)COc2cc4c(ccc5[nH]c(C6CC[C@H](C)N6C(=O)[C@@H](NC(=O)OC)[C@@H](C)OC)nc54)cc2-3)[nH]1. The van der Waals surface area contributed by atoms with E-state index in [4.69, 9.17) is 33.7 Å². The fourth-order valence-corrected chi connectivity index (χ4v) is 9.60. The number of H-pyrrole nitrogens is 2. The smallest absolute Gasteiger partial charge is 0.407 e. The number of methoxy groups -OCH3 is 4. The Morgan fingerprint density at radius 2 is 1.66 bits per heavy atom. The molecule has 0 aliphatic carbocycles. The number of amides is 4. The van der Waals surface area contributed by atoms with Crippen molar-refractivity contribution in [2.75, 3.05) is 41.6 Å². The van der Waals surface area contributed by atoms with Crippen molar-refractivity contribution in [2.24, 2.45) is 11.8 Å². The van der Waals surface area contributed by atoms with Gasteiger partial charge in [0.1, 0.15) is 36.1 Å². The number of likely N-dealkylation sites (tertiary alicyclic amines) is 2. The summed E-state index contributed by atoms with van der Waals surface area (Å²) in [4.78, 5) is 73.2. The van der Waals surface area contributed by atoms with Gasteiger partial charge in [-0.15, -0.1) is 0 Å². The number of benzene rings is 3. The van der Waals surface area contributed by atoms with E-state index in [9.17, 15) is 19.2 Å². The first-order chi connectivity index (χ1) is 30.9. The monoisotopic (exact) mass is 878 g/mol. The maximum atomic E-state index is 14.1. The van der Waals surface area contributed by atoms with E-state index < -0.39 is 30.4 Å². The zero-order valence-electron chi connectivity index (χ0n) is 37.7. The van der Waals surface area contributed by atoms with Crippen molar-refractivity contribution in [3.63, 3.8) is 0 Å². The van der Waals surface area contributed by atoms with E-state index in [1.807, 2.05) is 37.8 Å². The summed E-state index contributed by atoms with van der Waals surface area (Å²) in [5.74, 6) is 1.65. The Balaban J connectivity index is 1.05. The fourth-order valence-electron chi connectivity index (χ4n) is 9.60. The summed E-state index contributed by atoms with van der Waals surface area (Å²) in [5, 5.41) is 7.35. The zero-order valence-corrected chi connectivity index (χ0v) is 37.7. The predicted molar refractivity (Wildman–Crippen MR) is 238 cm³/mol.